The molecular formula is C17H15ClF3NO. The molecule has 0 bridgehead atoms. The summed E-state index contributed by atoms with van der Waals surface area (Å²) in [6.07, 6.45) is -4.48. The molecule has 0 radical (unpaired) electrons. The van der Waals surface area contributed by atoms with Gasteiger partial charge in [0.05, 0.1) is 12.0 Å². The van der Waals surface area contributed by atoms with Gasteiger partial charge >= 0.3 is 6.18 Å². The van der Waals surface area contributed by atoms with Crippen LogP contribution in [-0.4, -0.2) is 17.9 Å². The van der Waals surface area contributed by atoms with Crippen LogP contribution in [0.25, 0.3) is 0 Å². The highest BCUT2D eigenvalue weighted by Gasteiger charge is 2.30. The van der Waals surface area contributed by atoms with Gasteiger partial charge in [0, 0.05) is 18.6 Å². The van der Waals surface area contributed by atoms with Crippen molar-refractivity contribution in [1.82, 2.24) is 4.90 Å². The van der Waals surface area contributed by atoms with E-state index in [-0.39, 0.29) is 12.3 Å². The molecule has 0 aliphatic heterocycles. The quantitative estimate of drug-likeness (QED) is 0.798. The van der Waals surface area contributed by atoms with Crippen LogP contribution in [0.5, 0.6) is 0 Å². The fourth-order valence-electron chi connectivity index (χ4n) is 2.12. The van der Waals surface area contributed by atoms with Gasteiger partial charge in [-0.3, -0.25) is 4.79 Å². The number of carbonyl (C=O) groups excluding carboxylic acids is 1. The van der Waals surface area contributed by atoms with Crippen molar-refractivity contribution >= 4 is 17.5 Å². The lowest BCUT2D eigenvalue weighted by Gasteiger charge is -2.18. The van der Waals surface area contributed by atoms with Gasteiger partial charge < -0.3 is 4.90 Å². The highest BCUT2D eigenvalue weighted by Crippen LogP contribution is 2.29. The molecule has 1 amide bonds. The molecule has 2 nitrogen and oxygen atoms in total. The van der Waals surface area contributed by atoms with Crippen molar-refractivity contribution in [2.24, 2.45) is 0 Å². The topological polar surface area (TPSA) is 20.3 Å². The maximum absolute atomic E-state index is 12.7. The molecule has 0 aliphatic rings. The summed E-state index contributed by atoms with van der Waals surface area (Å²) in [6, 6.07) is 11.9. The third kappa shape index (κ3) is 4.99. The second-order valence-corrected chi connectivity index (χ2v) is 5.69. The zero-order valence-corrected chi connectivity index (χ0v) is 13.2. The molecule has 0 heterocycles. The SMILES string of the molecule is CN(Cc1ccc(Cl)cc1)C(=O)Cc1cccc(C(F)(F)F)c1. The van der Waals surface area contributed by atoms with Crippen LogP contribution in [-0.2, 0) is 23.9 Å². The second-order valence-electron chi connectivity index (χ2n) is 5.25. The van der Waals surface area contributed by atoms with Crippen molar-refractivity contribution in [2.75, 3.05) is 7.05 Å². The number of halogens is 4. The Morgan fingerprint density at radius 3 is 2.35 bits per heavy atom. The molecule has 122 valence electrons. The van der Waals surface area contributed by atoms with E-state index in [1.54, 1.807) is 31.3 Å². The Bertz CT molecular complexity index is 683. The van der Waals surface area contributed by atoms with Crippen LogP contribution < -0.4 is 0 Å². The van der Waals surface area contributed by atoms with Crippen molar-refractivity contribution in [3.63, 3.8) is 0 Å². The summed E-state index contributed by atoms with van der Waals surface area (Å²) in [5.74, 6) is -0.251. The number of benzene rings is 2. The maximum atomic E-state index is 12.7. The Balaban J connectivity index is 2.02. The number of amides is 1. The van der Waals surface area contributed by atoms with Crippen LogP contribution in [0.15, 0.2) is 48.5 Å². The minimum absolute atomic E-state index is 0.0754. The van der Waals surface area contributed by atoms with Gasteiger partial charge in [-0.1, -0.05) is 41.9 Å². The standard InChI is InChI=1S/C17H15ClF3NO/c1-22(11-12-5-7-15(18)8-6-12)16(23)10-13-3-2-4-14(9-13)17(19,20)21/h2-9H,10-11H2,1H3. The number of likely N-dealkylation sites (N-methyl/N-ethyl adjacent to an activating group) is 1. The predicted molar refractivity (Wildman–Crippen MR) is 83.1 cm³/mol. The Kier molecular flexibility index (Phi) is 5.31. The van der Waals surface area contributed by atoms with Gasteiger partial charge in [0.15, 0.2) is 0 Å². The number of hydrogen-bond donors (Lipinski definition) is 0. The van der Waals surface area contributed by atoms with Gasteiger partial charge in [-0.25, -0.2) is 0 Å². The first-order valence-corrected chi connectivity index (χ1v) is 7.28. The lowest BCUT2D eigenvalue weighted by atomic mass is 10.1. The molecule has 23 heavy (non-hydrogen) atoms. The Hall–Kier alpha value is -2.01. The van der Waals surface area contributed by atoms with Crippen molar-refractivity contribution in [1.29, 1.82) is 0 Å². The van der Waals surface area contributed by atoms with E-state index in [9.17, 15) is 18.0 Å². The van der Waals surface area contributed by atoms with E-state index >= 15 is 0 Å². The zero-order chi connectivity index (χ0) is 17.0. The third-order valence-electron chi connectivity index (χ3n) is 3.37. The zero-order valence-electron chi connectivity index (χ0n) is 12.4. The van der Waals surface area contributed by atoms with E-state index in [0.717, 1.165) is 17.7 Å². The molecule has 0 aliphatic carbocycles. The van der Waals surface area contributed by atoms with Gasteiger partial charge in [0.25, 0.3) is 0 Å². The first-order chi connectivity index (χ1) is 10.8. The van der Waals surface area contributed by atoms with Crippen molar-refractivity contribution < 1.29 is 18.0 Å². The maximum Gasteiger partial charge on any atom is 0.416 e. The molecule has 0 unspecified atom stereocenters. The largest absolute Gasteiger partial charge is 0.416 e. The lowest BCUT2D eigenvalue weighted by Crippen LogP contribution is -2.27. The number of rotatable bonds is 4. The average molecular weight is 342 g/mol. The van der Waals surface area contributed by atoms with Gasteiger partial charge in [-0.05, 0) is 29.3 Å². The Morgan fingerprint density at radius 1 is 1.09 bits per heavy atom. The van der Waals surface area contributed by atoms with E-state index in [1.807, 2.05) is 0 Å². The third-order valence-corrected chi connectivity index (χ3v) is 3.62. The van der Waals surface area contributed by atoms with Crippen molar-refractivity contribution in [3.05, 3.63) is 70.2 Å². The lowest BCUT2D eigenvalue weighted by molar-refractivity contribution is -0.138. The summed E-state index contributed by atoms with van der Waals surface area (Å²) in [7, 11) is 1.62. The molecule has 2 aromatic rings. The number of hydrogen-bond acceptors (Lipinski definition) is 1. The molecule has 0 N–H and O–H groups in total. The molecule has 0 saturated carbocycles. The summed E-state index contributed by atoms with van der Waals surface area (Å²) in [6.45, 7) is 0.370. The van der Waals surface area contributed by atoms with E-state index in [0.29, 0.717) is 17.1 Å². The Labute approximate surface area is 137 Å². The molecule has 0 aromatic heterocycles. The van der Waals surface area contributed by atoms with E-state index in [4.69, 9.17) is 11.6 Å². The fraction of sp³-hybridized carbons (Fsp3) is 0.235. The number of nitrogens with zero attached hydrogens (tertiary/aromatic N) is 1. The minimum atomic E-state index is -4.41. The highest BCUT2D eigenvalue weighted by atomic mass is 35.5. The van der Waals surface area contributed by atoms with Crippen LogP contribution >= 0.6 is 11.6 Å². The number of alkyl halides is 3. The summed E-state index contributed by atoms with van der Waals surface area (Å²) < 4.78 is 38.0. The first-order valence-electron chi connectivity index (χ1n) is 6.90. The van der Waals surface area contributed by atoms with Crippen molar-refractivity contribution in [3.8, 4) is 0 Å². The molecule has 0 fully saturated rings. The van der Waals surface area contributed by atoms with Crippen LogP contribution in [0.4, 0.5) is 13.2 Å². The number of carbonyl (C=O) groups is 1. The molecule has 2 rings (SSSR count). The smallest absolute Gasteiger partial charge is 0.341 e. The average Bonchev–Trinajstić information content (AvgIpc) is 2.49. The summed E-state index contributed by atoms with van der Waals surface area (Å²) in [5, 5.41) is 0.603. The Morgan fingerprint density at radius 2 is 1.74 bits per heavy atom. The molecular weight excluding hydrogens is 327 g/mol. The fourth-order valence-corrected chi connectivity index (χ4v) is 2.25. The minimum Gasteiger partial charge on any atom is -0.341 e. The van der Waals surface area contributed by atoms with Crippen LogP contribution in [0, 0.1) is 0 Å². The van der Waals surface area contributed by atoms with Gasteiger partial charge in [-0.2, -0.15) is 13.2 Å². The van der Waals surface area contributed by atoms with Crippen LogP contribution in [0.1, 0.15) is 16.7 Å². The molecule has 0 atom stereocenters. The summed E-state index contributed by atoms with van der Waals surface area (Å²) in [5.41, 5.74) is 0.491. The van der Waals surface area contributed by atoms with Crippen molar-refractivity contribution in [2.45, 2.75) is 19.1 Å². The van der Waals surface area contributed by atoms with E-state index in [1.165, 1.54) is 17.0 Å². The first kappa shape index (κ1) is 17.3. The summed E-state index contributed by atoms with van der Waals surface area (Å²) >= 11 is 5.80. The predicted octanol–water partition coefficient (Wildman–Crippen LogP) is 4.56. The highest BCUT2D eigenvalue weighted by molar-refractivity contribution is 6.30. The summed E-state index contributed by atoms with van der Waals surface area (Å²) in [4.78, 5) is 13.6. The van der Waals surface area contributed by atoms with Crippen LogP contribution in [0.3, 0.4) is 0 Å². The molecule has 0 spiro atoms. The molecule has 2 aromatic carbocycles. The van der Waals surface area contributed by atoms with Crippen LogP contribution in [0.2, 0.25) is 5.02 Å². The van der Waals surface area contributed by atoms with Gasteiger partial charge in [0.1, 0.15) is 0 Å². The monoisotopic (exact) mass is 341 g/mol. The van der Waals surface area contributed by atoms with Gasteiger partial charge in [0.2, 0.25) is 5.91 Å². The second kappa shape index (κ2) is 7.04. The normalized spacial score (nSPS) is 11.3. The molecule has 6 heteroatoms. The van der Waals surface area contributed by atoms with Gasteiger partial charge in [-0.15, -0.1) is 0 Å². The molecule has 0 saturated heterocycles. The van der Waals surface area contributed by atoms with E-state index in [2.05, 4.69) is 0 Å². The van der Waals surface area contributed by atoms with E-state index < -0.39 is 11.7 Å².